The average molecular weight is 638 g/mol. The standard InChI is InChI=1S/C36H29F6NOS/c1-2-3-4-22-5-7-23(8-6-22)25-11-15-30(31(37)17-25)26-18-33(39)35(34(40)19-26)36(41,42)44-28-14-16-29(32(38)20-28)24-9-12-27(13-10-24)43-21-45/h3-4,9-20,22-23H,2,5-8H2,1H3/b4-3+. The molecule has 0 aliphatic heterocycles. The molecule has 1 fully saturated rings. The Morgan fingerprint density at radius 1 is 0.800 bits per heavy atom. The highest BCUT2D eigenvalue weighted by Crippen LogP contribution is 2.40. The molecule has 1 aliphatic carbocycles. The molecule has 45 heavy (non-hydrogen) atoms. The molecule has 0 amide bonds. The van der Waals surface area contributed by atoms with Gasteiger partial charge in [0, 0.05) is 17.2 Å². The zero-order valence-corrected chi connectivity index (χ0v) is 25.1. The Morgan fingerprint density at radius 2 is 1.42 bits per heavy atom. The van der Waals surface area contributed by atoms with Crippen molar-refractivity contribution in [2.45, 2.75) is 51.1 Å². The molecule has 1 saturated carbocycles. The van der Waals surface area contributed by atoms with Crippen molar-refractivity contribution in [3.05, 3.63) is 119 Å². The second kappa shape index (κ2) is 13.8. The molecule has 0 bridgehead atoms. The predicted octanol–water partition coefficient (Wildman–Crippen LogP) is 11.7. The van der Waals surface area contributed by atoms with E-state index in [1.165, 1.54) is 18.2 Å². The van der Waals surface area contributed by atoms with Gasteiger partial charge in [-0.05, 0) is 115 Å². The van der Waals surface area contributed by atoms with Crippen molar-refractivity contribution >= 4 is 23.1 Å². The number of isothiocyanates is 1. The number of aliphatic imine (C=N–C) groups is 1. The van der Waals surface area contributed by atoms with E-state index in [0.29, 0.717) is 35.4 Å². The van der Waals surface area contributed by atoms with E-state index in [-0.39, 0.29) is 22.6 Å². The first-order valence-corrected chi connectivity index (χ1v) is 15.0. The van der Waals surface area contributed by atoms with Gasteiger partial charge in [-0.25, -0.2) is 17.6 Å². The van der Waals surface area contributed by atoms with E-state index in [9.17, 15) is 4.39 Å². The van der Waals surface area contributed by atoms with E-state index in [4.69, 9.17) is 0 Å². The third-order valence-corrected chi connectivity index (χ3v) is 8.16. The van der Waals surface area contributed by atoms with Crippen molar-refractivity contribution in [1.82, 2.24) is 0 Å². The zero-order valence-electron chi connectivity index (χ0n) is 24.3. The summed E-state index contributed by atoms with van der Waals surface area (Å²) in [5, 5.41) is 2.21. The Bertz CT molecular complexity index is 1730. The molecule has 0 atom stereocenters. The molecule has 0 radical (unpaired) electrons. The Morgan fingerprint density at radius 3 is 2.02 bits per heavy atom. The fourth-order valence-corrected chi connectivity index (χ4v) is 5.87. The molecule has 0 spiro atoms. The quantitative estimate of drug-likeness (QED) is 0.0788. The normalized spacial score (nSPS) is 16.9. The number of ether oxygens (including phenoxy) is 1. The molecule has 1 aliphatic rings. The molecule has 0 unspecified atom stereocenters. The molecule has 2 nitrogen and oxygen atoms in total. The lowest BCUT2D eigenvalue weighted by molar-refractivity contribution is -0.189. The van der Waals surface area contributed by atoms with Gasteiger partial charge in [-0.2, -0.15) is 13.8 Å². The third-order valence-electron chi connectivity index (χ3n) is 8.06. The van der Waals surface area contributed by atoms with Gasteiger partial charge in [0.15, 0.2) is 0 Å². The SMILES string of the molecule is CC/C=C/C1CCC(c2ccc(-c3cc(F)c(C(F)(F)Oc4ccc(-c5ccc(N=C=S)cc5)c(F)c4)c(F)c3)c(F)c2)CC1. The van der Waals surface area contributed by atoms with Gasteiger partial charge in [0.1, 0.15) is 34.6 Å². The summed E-state index contributed by atoms with van der Waals surface area (Å²) < 4.78 is 94.9. The van der Waals surface area contributed by atoms with Crippen LogP contribution >= 0.6 is 12.2 Å². The molecule has 0 aromatic heterocycles. The molecular formula is C36H29F6NOS. The van der Waals surface area contributed by atoms with Gasteiger partial charge in [0.25, 0.3) is 0 Å². The third kappa shape index (κ3) is 7.38. The fourth-order valence-electron chi connectivity index (χ4n) is 5.76. The Kier molecular flexibility index (Phi) is 9.90. The van der Waals surface area contributed by atoms with Crippen molar-refractivity contribution in [2.75, 3.05) is 0 Å². The maximum Gasteiger partial charge on any atom is 0.432 e. The molecular weight excluding hydrogens is 608 g/mol. The number of alkyl halides is 2. The molecule has 4 aromatic rings. The van der Waals surface area contributed by atoms with E-state index in [0.717, 1.165) is 43.7 Å². The highest BCUT2D eigenvalue weighted by molar-refractivity contribution is 7.78. The van der Waals surface area contributed by atoms with E-state index >= 15 is 22.0 Å². The largest absolute Gasteiger partial charge is 0.432 e. The van der Waals surface area contributed by atoms with E-state index < -0.39 is 40.7 Å². The first-order valence-electron chi connectivity index (χ1n) is 14.6. The van der Waals surface area contributed by atoms with Crippen LogP contribution in [0.3, 0.4) is 0 Å². The molecule has 232 valence electrons. The van der Waals surface area contributed by atoms with Crippen LogP contribution in [0.1, 0.15) is 56.1 Å². The van der Waals surface area contributed by atoms with Crippen LogP contribution in [-0.2, 0) is 6.11 Å². The Hall–Kier alpha value is -4.20. The van der Waals surface area contributed by atoms with Crippen LogP contribution in [-0.4, -0.2) is 5.16 Å². The summed E-state index contributed by atoms with van der Waals surface area (Å²) in [6.07, 6.45) is 4.65. The number of nitrogens with zero attached hydrogens (tertiary/aromatic N) is 1. The summed E-state index contributed by atoms with van der Waals surface area (Å²) in [4.78, 5) is 3.80. The fraction of sp³-hybridized carbons (Fsp3) is 0.250. The van der Waals surface area contributed by atoms with Gasteiger partial charge >= 0.3 is 6.11 Å². The maximum absolute atomic E-state index is 15.2. The topological polar surface area (TPSA) is 21.6 Å². The molecule has 0 saturated heterocycles. The number of hydrogen-bond donors (Lipinski definition) is 0. The first kappa shape index (κ1) is 32.2. The van der Waals surface area contributed by atoms with Gasteiger partial charge in [-0.1, -0.05) is 43.3 Å². The second-order valence-corrected chi connectivity index (χ2v) is 11.2. The summed E-state index contributed by atoms with van der Waals surface area (Å²) in [6.45, 7) is 2.09. The maximum atomic E-state index is 15.2. The highest BCUT2D eigenvalue weighted by atomic mass is 32.1. The summed E-state index contributed by atoms with van der Waals surface area (Å²) in [7, 11) is 0. The zero-order chi connectivity index (χ0) is 32.1. The number of allylic oxidation sites excluding steroid dienone is 2. The van der Waals surface area contributed by atoms with E-state index in [2.05, 4.69) is 46.2 Å². The monoisotopic (exact) mass is 637 g/mol. The summed E-state index contributed by atoms with van der Waals surface area (Å²) in [6, 6.07) is 15.0. The van der Waals surface area contributed by atoms with E-state index in [1.54, 1.807) is 30.3 Å². The molecule has 0 heterocycles. The van der Waals surface area contributed by atoms with Crippen molar-refractivity contribution < 1.29 is 31.1 Å². The van der Waals surface area contributed by atoms with Gasteiger partial charge in [0.2, 0.25) is 0 Å². The van der Waals surface area contributed by atoms with Gasteiger partial charge in [-0.15, -0.1) is 0 Å². The van der Waals surface area contributed by atoms with Crippen molar-refractivity contribution in [1.29, 1.82) is 0 Å². The number of thiocarbonyl (C=S) groups is 1. The molecule has 4 aromatic carbocycles. The minimum atomic E-state index is -4.51. The van der Waals surface area contributed by atoms with Crippen LogP contribution in [0.5, 0.6) is 5.75 Å². The second-order valence-electron chi connectivity index (χ2n) is 11.0. The molecule has 9 heteroatoms. The Labute approximate surface area is 263 Å². The number of hydrogen-bond acceptors (Lipinski definition) is 3. The van der Waals surface area contributed by atoms with Crippen LogP contribution in [0.15, 0.2) is 89.9 Å². The predicted molar refractivity (Wildman–Crippen MR) is 167 cm³/mol. The number of benzene rings is 4. The summed E-state index contributed by atoms with van der Waals surface area (Å²) >= 11 is 4.54. The lowest BCUT2D eigenvalue weighted by atomic mass is 9.78. The van der Waals surface area contributed by atoms with Crippen LogP contribution < -0.4 is 4.74 Å². The van der Waals surface area contributed by atoms with Crippen LogP contribution in [0.25, 0.3) is 22.3 Å². The highest BCUT2D eigenvalue weighted by Gasteiger charge is 2.41. The first-order chi connectivity index (χ1) is 21.6. The van der Waals surface area contributed by atoms with Gasteiger partial charge < -0.3 is 4.74 Å². The summed E-state index contributed by atoms with van der Waals surface area (Å²) in [5.41, 5.74) is -0.230. The lowest BCUT2D eigenvalue weighted by Gasteiger charge is -2.27. The lowest BCUT2D eigenvalue weighted by Crippen LogP contribution is -2.25. The minimum Gasteiger partial charge on any atom is -0.429 e. The number of rotatable bonds is 9. The number of halogens is 6. The van der Waals surface area contributed by atoms with Crippen LogP contribution in [0, 0.1) is 29.2 Å². The van der Waals surface area contributed by atoms with Crippen molar-refractivity contribution in [2.24, 2.45) is 10.9 Å². The molecule has 0 N–H and O–H groups in total. The van der Waals surface area contributed by atoms with Gasteiger partial charge in [0.05, 0.1) is 10.8 Å². The van der Waals surface area contributed by atoms with Crippen molar-refractivity contribution in [3.63, 3.8) is 0 Å². The van der Waals surface area contributed by atoms with E-state index in [1.807, 2.05) is 0 Å². The van der Waals surface area contributed by atoms with Gasteiger partial charge in [-0.3, -0.25) is 0 Å². The van der Waals surface area contributed by atoms with Crippen molar-refractivity contribution in [3.8, 4) is 28.0 Å². The van der Waals surface area contributed by atoms with Crippen LogP contribution in [0.4, 0.5) is 32.0 Å². The minimum absolute atomic E-state index is 0.0788. The smallest absolute Gasteiger partial charge is 0.429 e. The van der Waals surface area contributed by atoms with Crippen LogP contribution in [0.2, 0.25) is 0 Å². The summed E-state index contributed by atoms with van der Waals surface area (Å²) in [5.74, 6) is -4.83. The molecule has 5 rings (SSSR count). The Balaban J connectivity index is 1.32. The average Bonchev–Trinajstić information content (AvgIpc) is 3.00.